The van der Waals surface area contributed by atoms with Gasteiger partial charge in [-0.3, -0.25) is 0 Å². The number of rotatable bonds is 1. The van der Waals surface area contributed by atoms with Crippen molar-refractivity contribution < 1.29 is 0 Å². The first kappa shape index (κ1) is 7.84. The normalized spacial score (nSPS) is 15.3. The zero-order chi connectivity index (χ0) is 8.27. The van der Waals surface area contributed by atoms with Crippen LogP contribution in [-0.2, 0) is 0 Å². The maximum Gasteiger partial charge on any atom is 0.0262 e. The molecule has 0 aromatic heterocycles. The molecule has 0 fully saturated rings. The molecular weight excluding hydrogens is 132 g/mol. The van der Waals surface area contributed by atoms with E-state index in [1.54, 1.807) is 0 Å². The zero-order valence-electron chi connectivity index (χ0n) is 7.02. The van der Waals surface area contributed by atoms with Gasteiger partial charge in [0.05, 0.1) is 0 Å². The van der Waals surface area contributed by atoms with E-state index < -0.39 is 0 Å². The summed E-state index contributed by atoms with van der Waals surface area (Å²) in [5.74, 6) is 0. The van der Waals surface area contributed by atoms with Crippen LogP contribution in [0.4, 0.5) is 0 Å². The Morgan fingerprint density at radius 3 is 2.73 bits per heavy atom. The number of allylic oxidation sites excluding steroid dienone is 6. The molecule has 0 unspecified atom stereocenters. The van der Waals surface area contributed by atoms with E-state index in [0.717, 1.165) is 0 Å². The Bertz CT molecular complexity index is 292. The predicted octanol–water partition coefficient (Wildman–Crippen LogP) is 3.16. The van der Waals surface area contributed by atoms with Gasteiger partial charge < -0.3 is 0 Å². The van der Waals surface area contributed by atoms with Crippen molar-refractivity contribution in [3.63, 3.8) is 0 Å². The summed E-state index contributed by atoms with van der Waals surface area (Å²) in [5.41, 5.74) is 6.78. The van der Waals surface area contributed by atoms with Crippen molar-refractivity contribution in [2.75, 3.05) is 0 Å². The van der Waals surface area contributed by atoms with Crippen molar-refractivity contribution in [3.05, 3.63) is 53.3 Å². The van der Waals surface area contributed by atoms with Gasteiger partial charge in [-0.2, -0.15) is 0 Å². The molecule has 0 atom stereocenters. The smallest absolute Gasteiger partial charge is 0.0262 e. The predicted molar refractivity (Wildman–Crippen MR) is 49.3 cm³/mol. The molecule has 0 N–H and O–H groups in total. The van der Waals surface area contributed by atoms with Crippen molar-refractivity contribution in [3.8, 4) is 0 Å². The molecule has 1 rings (SSSR count). The van der Waals surface area contributed by atoms with Crippen molar-refractivity contribution in [2.24, 2.45) is 0 Å². The third-order valence-electron chi connectivity index (χ3n) is 1.70. The molecule has 0 aromatic rings. The van der Waals surface area contributed by atoms with Crippen molar-refractivity contribution in [1.29, 1.82) is 0 Å². The molecule has 0 nitrogen and oxygen atoms in total. The fourth-order valence-corrected chi connectivity index (χ4v) is 1.12. The first-order chi connectivity index (χ1) is 5.29. The molecule has 0 aromatic carbocycles. The molecule has 0 bridgehead atoms. The molecule has 0 aliphatic heterocycles. The van der Waals surface area contributed by atoms with Crippen LogP contribution in [0.3, 0.4) is 0 Å². The fraction of sp³-hybridized carbons (Fsp3) is 0.182. The molecule has 0 heteroatoms. The average molecular weight is 144 g/mol. The van der Waals surface area contributed by atoms with E-state index >= 15 is 0 Å². The molecule has 0 radical (unpaired) electrons. The monoisotopic (exact) mass is 144 g/mol. The Morgan fingerprint density at radius 2 is 2.18 bits per heavy atom. The average Bonchev–Trinajstić information content (AvgIpc) is 2.34. The van der Waals surface area contributed by atoms with E-state index in [9.17, 15) is 0 Å². The van der Waals surface area contributed by atoms with Gasteiger partial charge >= 0.3 is 0 Å². The van der Waals surface area contributed by atoms with Gasteiger partial charge in [0.2, 0.25) is 0 Å². The van der Waals surface area contributed by atoms with Crippen LogP contribution in [-0.4, -0.2) is 0 Å². The minimum Gasteiger partial charge on any atom is -0.117 e. The first-order valence-corrected chi connectivity index (χ1v) is 3.72. The summed E-state index contributed by atoms with van der Waals surface area (Å²) >= 11 is 0. The Kier molecular flexibility index (Phi) is 2.30. The molecule has 0 heterocycles. The van der Waals surface area contributed by atoms with Gasteiger partial charge in [0.25, 0.3) is 0 Å². The molecule has 0 saturated heterocycles. The summed E-state index contributed by atoms with van der Waals surface area (Å²) < 4.78 is 0. The zero-order valence-corrected chi connectivity index (χ0v) is 7.02. The van der Waals surface area contributed by atoms with Crippen LogP contribution in [0.2, 0.25) is 0 Å². The molecule has 56 valence electrons. The second-order valence-corrected chi connectivity index (χ2v) is 2.48. The fourth-order valence-electron chi connectivity index (χ4n) is 1.12. The van der Waals surface area contributed by atoms with Gasteiger partial charge in [0, 0.05) is 5.57 Å². The summed E-state index contributed by atoms with van der Waals surface area (Å²) in [6.07, 6.45) is 7.94. The summed E-state index contributed by atoms with van der Waals surface area (Å²) in [6, 6.07) is 0. The SMILES string of the molecule is C=CC1=CC=C(C)C1=C=CC. The Hall–Kier alpha value is -1.26. The van der Waals surface area contributed by atoms with E-state index in [2.05, 4.69) is 31.4 Å². The number of hydrogen-bond donors (Lipinski definition) is 0. The van der Waals surface area contributed by atoms with Gasteiger partial charge in [0.1, 0.15) is 0 Å². The van der Waals surface area contributed by atoms with Crippen LogP contribution in [0.15, 0.2) is 53.3 Å². The maximum absolute atomic E-state index is 3.73. The van der Waals surface area contributed by atoms with Crippen LogP contribution < -0.4 is 0 Å². The van der Waals surface area contributed by atoms with E-state index in [0.29, 0.717) is 0 Å². The van der Waals surface area contributed by atoms with E-state index in [4.69, 9.17) is 0 Å². The second-order valence-electron chi connectivity index (χ2n) is 2.48. The lowest BCUT2D eigenvalue weighted by Crippen LogP contribution is -1.79. The second kappa shape index (κ2) is 3.23. The van der Waals surface area contributed by atoms with Crippen LogP contribution in [0.5, 0.6) is 0 Å². The Balaban J connectivity index is 3.12. The molecule has 1 aliphatic carbocycles. The van der Waals surface area contributed by atoms with Gasteiger partial charge in [-0.15, -0.1) is 5.73 Å². The van der Waals surface area contributed by atoms with E-state index in [1.807, 2.05) is 19.1 Å². The topological polar surface area (TPSA) is 0 Å². The third kappa shape index (κ3) is 1.42. The van der Waals surface area contributed by atoms with Crippen LogP contribution in [0.25, 0.3) is 0 Å². The van der Waals surface area contributed by atoms with Crippen LogP contribution >= 0.6 is 0 Å². The first-order valence-electron chi connectivity index (χ1n) is 3.72. The largest absolute Gasteiger partial charge is 0.117 e. The molecule has 11 heavy (non-hydrogen) atoms. The summed E-state index contributed by atoms with van der Waals surface area (Å²) in [7, 11) is 0. The lowest BCUT2D eigenvalue weighted by molar-refractivity contribution is 1.44. The minimum absolute atomic E-state index is 1.17. The van der Waals surface area contributed by atoms with Gasteiger partial charge in [-0.05, 0) is 31.1 Å². The van der Waals surface area contributed by atoms with Gasteiger partial charge in [0.15, 0.2) is 0 Å². The van der Waals surface area contributed by atoms with Crippen LogP contribution in [0.1, 0.15) is 13.8 Å². The highest BCUT2D eigenvalue weighted by Gasteiger charge is 2.07. The van der Waals surface area contributed by atoms with Crippen LogP contribution in [0, 0.1) is 0 Å². The molecular formula is C11H12. The highest BCUT2D eigenvalue weighted by Crippen LogP contribution is 2.24. The number of hydrogen-bond acceptors (Lipinski definition) is 0. The van der Waals surface area contributed by atoms with Gasteiger partial charge in [-0.25, -0.2) is 0 Å². The van der Waals surface area contributed by atoms with Crippen molar-refractivity contribution in [2.45, 2.75) is 13.8 Å². The summed E-state index contributed by atoms with van der Waals surface area (Å²) in [5, 5.41) is 0. The molecule has 0 amide bonds. The van der Waals surface area contributed by atoms with Crippen molar-refractivity contribution in [1.82, 2.24) is 0 Å². The molecule has 0 spiro atoms. The Morgan fingerprint density at radius 1 is 1.45 bits per heavy atom. The Labute approximate surface area is 67.9 Å². The molecule has 1 aliphatic rings. The quantitative estimate of drug-likeness (QED) is 0.496. The van der Waals surface area contributed by atoms with E-state index in [1.165, 1.54) is 16.7 Å². The highest BCUT2D eigenvalue weighted by molar-refractivity contribution is 5.57. The summed E-state index contributed by atoms with van der Waals surface area (Å²) in [6.45, 7) is 7.79. The minimum atomic E-state index is 1.17. The highest BCUT2D eigenvalue weighted by atomic mass is 14.1. The van der Waals surface area contributed by atoms with E-state index in [-0.39, 0.29) is 0 Å². The standard InChI is InChI=1S/C11H12/c1-4-6-11-9(3)7-8-10(11)5-2/h4-5,7-8H,2H2,1,3H3. The lowest BCUT2D eigenvalue weighted by Gasteiger charge is -1.97. The third-order valence-corrected chi connectivity index (χ3v) is 1.70. The van der Waals surface area contributed by atoms with Gasteiger partial charge in [-0.1, -0.05) is 24.8 Å². The molecule has 0 saturated carbocycles. The lowest BCUT2D eigenvalue weighted by atomic mass is 10.1. The maximum atomic E-state index is 3.73. The summed E-state index contributed by atoms with van der Waals surface area (Å²) in [4.78, 5) is 0. The van der Waals surface area contributed by atoms with Crippen molar-refractivity contribution >= 4 is 0 Å².